The second-order valence-corrected chi connectivity index (χ2v) is 11.4. The molecule has 0 heterocycles. The number of hydrogen-bond acceptors (Lipinski definition) is 2. The zero-order chi connectivity index (χ0) is 23.2. The zero-order valence-corrected chi connectivity index (χ0v) is 20.6. The second kappa shape index (κ2) is 8.55. The number of benzene rings is 2. The van der Waals surface area contributed by atoms with Crippen molar-refractivity contribution in [2.45, 2.75) is 65.6 Å². The molecule has 0 saturated heterocycles. The molecule has 33 heavy (non-hydrogen) atoms. The third-order valence-electron chi connectivity index (χ3n) is 9.37. The molecule has 0 unspecified atom stereocenters. The van der Waals surface area contributed by atoms with E-state index < -0.39 is 0 Å². The van der Waals surface area contributed by atoms with Gasteiger partial charge in [0.15, 0.2) is 0 Å². The Morgan fingerprint density at radius 3 is 2.39 bits per heavy atom. The van der Waals surface area contributed by atoms with E-state index in [1.54, 1.807) is 0 Å². The molecule has 3 fully saturated rings. The van der Waals surface area contributed by atoms with Gasteiger partial charge < -0.3 is 4.74 Å². The fourth-order valence-corrected chi connectivity index (χ4v) is 7.38. The van der Waals surface area contributed by atoms with Crippen LogP contribution in [0.3, 0.4) is 0 Å². The molecule has 0 amide bonds. The topological polar surface area (TPSA) is 26.3 Å². The lowest BCUT2D eigenvalue weighted by atomic mass is 9.48. The van der Waals surface area contributed by atoms with Crippen molar-refractivity contribution >= 4 is 11.4 Å². The first-order valence-corrected chi connectivity index (χ1v) is 12.8. The molecule has 2 nitrogen and oxygen atoms in total. The van der Waals surface area contributed by atoms with E-state index in [-0.39, 0.29) is 22.9 Å². The van der Waals surface area contributed by atoms with Crippen LogP contribution in [0.5, 0.6) is 0 Å². The molecule has 0 N–H and O–H groups in total. The van der Waals surface area contributed by atoms with Gasteiger partial charge in [-0.1, -0.05) is 87.5 Å². The van der Waals surface area contributed by atoms with Gasteiger partial charge in [-0.2, -0.15) is 0 Å². The smallest absolute Gasteiger partial charge is 0.143 e. The highest BCUT2D eigenvalue weighted by Gasteiger charge is 2.65. The molecular formula is C31H38O2. The standard InChI is InChI=1S/C31H38O2/c1-21(2)31(33-20-23-11-7-5-8-12-23)16-15-30(4)19-27-25(18-28(30)31)26(29(27)32)17-22(3)24-13-9-6-10-14-24/h5-14,17,21,25-28H,15-16,18-20H2,1-4H3/b22-17+/t25-,26+,27-,28+,30+,31+/m0/s1. The van der Waals surface area contributed by atoms with Crippen LogP contribution in [0.1, 0.15) is 64.5 Å². The molecule has 5 rings (SSSR count). The van der Waals surface area contributed by atoms with Gasteiger partial charge in [-0.05, 0) is 72.5 Å². The Bertz CT molecular complexity index is 1020. The first-order chi connectivity index (χ1) is 15.8. The van der Waals surface area contributed by atoms with Crippen LogP contribution in [0.4, 0.5) is 0 Å². The van der Waals surface area contributed by atoms with E-state index in [1.807, 2.05) is 6.07 Å². The average Bonchev–Trinajstić information content (AvgIpc) is 3.14. The molecule has 2 aromatic carbocycles. The quantitative estimate of drug-likeness (QED) is 0.468. The maximum Gasteiger partial charge on any atom is 0.143 e. The minimum atomic E-state index is -0.100. The van der Waals surface area contributed by atoms with E-state index >= 15 is 0 Å². The number of Topliss-reactive ketones (excluding diaryl/α,β-unsaturated/α-hetero) is 1. The van der Waals surface area contributed by atoms with Gasteiger partial charge >= 0.3 is 0 Å². The number of fused-ring (bicyclic) bond motifs is 2. The van der Waals surface area contributed by atoms with Crippen LogP contribution < -0.4 is 0 Å². The molecule has 2 aromatic rings. The molecule has 3 aliphatic rings. The molecule has 0 spiro atoms. The van der Waals surface area contributed by atoms with Crippen molar-refractivity contribution in [1.82, 2.24) is 0 Å². The SMILES string of the molecule is C/C(=C\[C@H]1C(=O)[C@H]2C[C@@]3(C)CC[C@@](OCc4ccccc4)(C(C)C)[C@@H]3C[C@H]21)c1ccccc1. The van der Waals surface area contributed by atoms with E-state index in [0.717, 1.165) is 19.3 Å². The highest BCUT2D eigenvalue weighted by atomic mass is 16.5. The van der Waals surface area contributed by atoms with Gasteiger partial charge in [0.05, 0.1) is 12.2 Å². The van der Waals surface area contributed by atoms with Gasteiger partial charge in [0, 0.05) is 11.8 Å². The van der Waals surface area contributed by atoms with E-state index in [2.05, 4.69) is 88.4 Å². The molecule has 0 radical (unpaired) electrons. The van der Waals surface area contributed by atoms with E-state index in [1.165, 1.54) is 23.1 Å². The summed E-state index contributed by atoms with van der Waals surface area (Å²) < 4.78 is 6.89. The Kier molecular flexibility index (Phi) is 5.85. The summed E-state index contributed by atoms with van der Waals surface area (Å²) in [6.45, 7) is 9.95. The molecule has 0 aliphatic heterocycles. The molecule has 6 atom stereocenters. The fraction of sp³-hybridized carbons (Fsp3) is 0.516. The monoisotopic (exact) mass is 442 g/mol. The largest absolute Gasteiger partial charge is 0.370 e. The zero-order valence-electron chi connectivity index (χ0n) is 20.6. The Morgan fingerprint density at radius 1 is 1.06 bits per heavy atom. The van der Waals surface area contributed by atoms with Crippen molar-refractivity contribution in [3.63, 3.8) is 0 Å². The van der Waals surface area contributed by atoms with Crippen molar-refractivity contribution in [3.05, 3.63) is 77.9 Å². The lowest BCUT2D eigenvalue weighted by molar-refractivity contribution is -0.171. The van der Waals surface area contributed by atoms with Crippen LogP contribution in [0.25, 0.3) is 5.57 Å². The van der Waals surface area contributed by atoms with Gasteiger partial charge in [-0.15, -0.1) is 0 Å². The molecule has 0 aromatic heterocycles. The van der Waals surface area contributed by atoms with Crippen molar-refractivity contribution in [2.24, 2.45) is 35.0 Å². The van der Waals surface area contributed by atoms with Gasteiger partial charge in [0.25, 0.3) is 0 Å². The molecule has 174 valence electrons. The van der Waals surface area contributed by atoms with Crippen LogP contribution in [0.2, 0.25) is 0 Å². The second-order valence-electron chi connectivity index (χ2n) is 11.4. The number of allylic oxidation sites excluding steroid dienone is 2. The fourth-order valence-electron chi connectivity index (χ4n) is 7.38. The third-order valence-corrected chi connectivity index (χ3v) is 9.37. The Balaban J connectivity index is 1.39. The Hall–Kier alpha value is -2.19. The summed E-state index contributed by atoms with van der Waals surface area (Å²) in [5.74, 6) is 2.22. The highest BCUT2D eigenvalue weighted by Crippen LogP contribution is 2.66. The van der Waals surface area contributed by atoms with Gasteiger partial charge in [0.2, 0.25) is 0 Å². The normalized spacial score (nSPS) is 35.8. The van der Waals surface area contributed by atoms with Gasteiger partial charge in [0.1, 0.15) is 5.78 Å². The summed E-state index contributed by atoms with van der Waals surface area (Å²) in [5.41, 5.74) is 3.80. The Labute approximate surface area is 199 Å². The Morgan fingerprint density at radius 2 is 1.73 bits per heavy atom. The molecule has 0 bridgehead atoms. The van der Waals surface area contributed by atoms with Gasteiger partial charge in [-0.3, -0.25) is 4.79 Å². The third kappa shape index (κ3) is 3.81. The van der Waals surface area contributed by atoms with E-state index in [0.29, 0.717) is 30.1 Å². The number of carbonyl (C=O) groups excluding carboxylic acids is 1. The summed E-state index contributed by atoms with van der Waals surface area (Å²) in [5, 5.41) is 0. The number of ether oxygens (including phenoxy) is 1. The lowest BCUT2D eigenvalue weighted by Crippen LogP contribution is -2.58. The summed E-state index contributed by atoms with van der Waals surface area (Å²) >= 11 is 0. The molecule has 3 aliphatic carbocycles. The summed E-state index contributed by atoms with van der Waals surface area (Å²) in [7, 11) is 0. The van der Waals surface area contributed by atoms with Crippen molar-refractivity contribution < 1.29 is 9.53 Å². The lowest BCUT2D eigenvalue weighted by Gasteiger charge is -2.56. The maximum atomic E-state index is 13.2. The molecular weight excluding hydrogens is 404 g/mol. The van der Waals surface area contributed by atoms with Gasteiger partial charge in [-0.25, -0.2) is 0 Å². The number of rotatable bonds is 6. The number of carbonyl (C=O) groups is 1. The molecule has 2 heteroatoms. The van der Waals surface area contributed by atoms with Crippen LogP contribution >= 0.6 is 0 Å². The summed E-state index contributed by atoms with van der Waals surface area (Å²) in [6, 6.07) is 21.1. The first-order valence-electron chi connectivity index (χ1n) is 12.8. The van der Waals surface area contributed by atoms with Crippen LogP contribution in [-0.2, 0) is 16.1 Å². The predicted molar refractivity (Wildman–Crippen MR) is 134 cm³/mol. The summed E-state index contributed by atoms with van der Waals surface area (Å²) in [6.07, 6.45) is 6.70. The van der Waals surface area contributed by atoms with Crippen LogP contribution in [-0.4, -0.2) is 11.4 Å². The van der Waals surface area contributed by atoms with Crippen molar-refractivity contribution in [1.29, 1.82) is 0 Å². The average molecular weight is 443 g/mol. The van der Waals surface area contributed by atoms with Crippen LogP contribution in [0.15, 0.2) is 66.7 Å². The minimum absolute atomic E-state index is 0.0688. The number of ketones is 1. The molecule has 3 saturated carbocycles. The van der Waals surface area contributed by atoms with Crippen molar-refractivity contribution in [3.8, 4) is 0 Å². The predicted octanol–water partition coefficient (Wildman–Crippen LogP) is 7.34. The summed E-state index contributed by atoms with van der Waals surface area (Å²) in [4.78, 5) is 13.2. The van der Waals surface area contributed by atoms with E-state index in [9.17, 15) is 4.79 Å². The highest BCUT2D eigenvalue weighted by molar-refractivity contribution is 5.93. The first kappa shape index (κ1) is 22.6. The van der Waals surface area contributed by atoms with Crippen molar-refractivity contribution in [2.75, 3.05) is 0 Å². The maximum absolute atomic E-state index is 13.2. The minimum Gasteiger partial charge on any atom is -0.370 e. The number of hydrogen-bond donors (Lipinski definition) is 0. The van der Waals surface area contributed by atoms with E-state index in [4.69, 9.17) is 4.74 Å². The van der Waals surface area contributed by atoms with Crippen LogP contribution in [0, 0.1) is 35.0 Å².